The second-order valence-electron chi connectivity index (χ2n) is 6.74. The normalized spacial score (nSPS) is 17.1. The maximum absolute atomic E-state index is 10.4. The molecular formula is C20H27NO2S. The summed E-state index contributed by atoms with van der Waals surface area (Å²) >= 11 is 1.69. The number of rotatable bonds is 10. The molecule has 4 heteroatoms. The fourth-order valence-corrected chi connectivity index (χ4v) is 3.72. The van der Waals surface area contributed by atoms with Crippen LogP contribution >= 0.6 is 11.3 Å². The molecule has 0 bridgehead atoms. The van der Waals surface area contributed by atoms with Gasteiger partial charge in [-0.15, -0.1) is 11.3 Å². The Bertz CT molecular complexity index is 583. The first-order valence-electron chi connectivity index (χ1n) is 8.78. The largest absolute Gasteiger partial charge is 0.389 e. The third-order valence-electron chi connectivity index (χ3n) is 4.69. The van der Waals surface area contributed by atoms with E-state index in [9.17, 15) is 5.11 Å². The van der Waals surface area contributed by atoms with E-state index in [0.29, 0.717) is 25.8 Å². The van der Waals surface area contributed by atoms with Crippen molar-refractivity contribution in [2.24, 2.45) is 5.92 Å². The van der Waals surface area contributed by atoms with E-state index >= 15 is 0 Å². The summed E-state index contributed by atoms with van der Waals surface area (Å²) in [6.45, 7) is 4.82. The van der Waals surface area contributed by atoms with Crippen LogP contribution in [0.25, 0.3) is 0 Å². The minimum absolute atomic E-state index is 0.389. The van der Waals surface area contributed by atoms with Gasteiger partial charge in [0.2, 0.25) is 0 Å². The molecule has 130 valence electrons. The minimum atomic E-state index is -0.449. The molecule has 1 heterocycles. The average Bonchev–Trinajstić information content (AvgIpc) is 3.31. The maximum Gasteiger partial charge on any atom is 0.0900 e. The van der Waals surface area contributed by atoms with Gasteiger partial charge in [-0.05, 0) is 42.7 Å². The lowest BCUT2D eigenvalue weighted by atomic mass is 10.1. The average molecular weight is 346 g/mol. The zero-order chi connectivity index (χ0) is 16.8. The number of thiophene rings is 1. The van der Waals surface area contributed by atoms with Crippen molar-refractivity contribution < 1.29 is 9.84 Å². The Labute approximate surface area is 148 Å². The molecule has 0 amide bonds. The molecular weight excluding hydrogens is 318 g/mol. The SMILES string of the molecule is C[C@H](C1CC1)N(Cc1ccccc1)C[C@@H](O)COCc1cccs1. The van der Waals surface area contributed by atoms with Crippen LogP contribution in [0.15, 0.2) is 47.8 Å². The van der Waals surface area contributed by atoms with E-state index in [1.54, 1.807) is 11.3 Å². The number of benzene rings is 1. The molecule has 0 radical (unpaired) electrons. The molecule has 1 aromatic carbocycles. The summed E-state index contributed by atoms with van der Waals surface area (Å²) in [6, 6.07) is 15.1. The van der Waals surface area contributed by atoms with Crippen LogP contribution in [0.5, 0.6) is 0 Å². The van der Waals surface area contributed by atoms with E-state index in [0.717, 1.165) is 12.5 Å². The Hall–Kier alpha value is -1.20. The Kier molecular flexibility index (Phi) is 6.44. The van der Waals surface area contributed by atoms with Gasteiger partial charge in [0.1, 0.15) is 0 Å². The van der Waals surface area contributed by atoms with Crippen LogP contribution in [-0.4, -0.2) is 35.3 Å². The highest BCUT2D eigenvalue weighted by Crippen LogP contribution is 2.35. The van der Waals surface area contributed by atoms with E-state index < -0.39 is 6.10 Å². The Morgan fingerprint density at radius 1 is 1.21 bits per heavy atom. The van der Waals surface area contributed by atoms with Crippen LogP contribution in [-0.2, 0) is 17.9 Å². The van der Waals surface area contributed by atoms with Gasteiger partial charge in [0.25, 0.3) is 0 Å². The van der Waals surface area contributed by atoms with Crippen LogP contribution in [0.3, 0.4) is 0 Å². The number of hydrogen-bond acceptors (Lipinski definition) is 4. The molecule has 3 rings (SSSR count). The molecule has 0 saturated heterocycles. The number of nitrogens with zero attached hydrogens (tertiary/aromatic N) is 1. The molecule has 24 heavy (non-hydrogen) atoms. The van der Waals surface area contributed by atoms with Crippen molar-refractivity contribution in [3.8, 4) is 0 Å². The third-order valence-corrected chi connectivity index (χ3v) is 5.54. The van der Waals surface area contributed by atoms with Crippen LogP contribution in [0.2, 0.25) is 0 Å². The first kappa shape index (κ1) is 17.6. The van der Waals surface area contributed by atoms with Gasteiger partial charge < -0.3 is 9.84 Å². The van der Waals surface area contributed by atoms with Crippen LogP contribution in [0.1, 0.15) is 30.2 Å². The van der Waals surface area contributed by atoms with Gasteiger partial charge in [-0.3, -0.25) is 4.90 Å². The van der Waals surface area contributed by atoms with Crippen molar-refractivity contribution in [1.82, 2.24) is 4.90 Å². The summed E-state index contributed by atoms with van der Waals surface area (Å²) in [5.74, 6) is 0.785. The first-order valence-corrected chi connectivity index (χ1v) is 9.66. The lowest BCUT2D eigenvalue weighted by molar-refractivity contribution is 0.000544. The molecule has 1 N–H and O–H groups in total. The number of aliphatic hydroxyl groups excluding tert-OH is 1. The van der Waals surface area contributed by atoms with Crippen molar-refractivity contribution in [3.05, 3.63) is 58.3 Å². The van der Waals surface area contributed by atoms with Gasteiger partial charge in [0.05, 0.1) is 19.3 Å². The van der Waals surface area contributed by atoms with Gasteiger partial charge >= 0.3 is 0 Å². The fraction of sp³-hybridized carbons (Fsp3) is 0.500. The van der Waals surface area contributed by atoms with E-state index in [4.69, 9.17) is 4.74 Å². The van der Waals surface area contributed by atoms with Gasteiger partial charge in [-0.25, -0.2) is 0 Å². The van der Waals surface area contributed by atoms with Crippen molar-refractivity contribution in [2.75, 3.05) is 13.2 Å². The highest BCUT2D eigenvalue weighted by Gasteiger charge is 2.32. The standard InChI is InChI=1S/C20H27NO2S/c1-16(18-9-10-18)21(12-17-6-3-2-4-7-17)13-19(22)14-23-15-20-8-5-11-24-20/h2-8,11,16,18-19,22H,9-10,12-15H2,1H3/t16-,19-/m1/s1. The highest BCUT2D eigenvalue weighted by atomic mass is 32.1. The van der Waals surface area contributed by atoms with Crippen molar-refractivity contribution >= 4 is 11.3 Å². The minimum Gasteiger partial charge on any atom is -0.389 e. The molecule has 1 aliphatic carbocycles. The molecule has 2 atom stereocenters. The summed E-state index contributed by atoms with van der Waals surface area (Å²) in [6.07, 6.45) is 2.18. The molecule has 1 aromatic heterocycles. The van der Waals surface area contributed by atoms with Crippen LogP contribution in [0, 0.1) is 5.92 Å². The molecule has 1 fully saturated rings. The quantitative estimate of drug-likeness (QED) is 0.708. The molecule has 0 aliphatic heterocycles. The molecule has 3 nitrogen and oxygen atoms in total. The first-order chi connectivity index (χ1) is 11.7. The van der Waals surface area contributed by atoms with Crippen LogP contribution in [0.4, 0.5) is 0 Å². The van der Waals surface area contributed by atoms with Crippen molar-refractivity contribution in [2.45, 2.75) is 45.1 Å². The summed E-state index contributed by atoms with van der Waals surface area (Å²) in [4.78, 5) is 3.61. The Morgan fingerprint density at radius 3 is 2.67 bits per heavy atom. The number of aliphatic hydroxyl groups is 1. The van der Waals surface area contributed by atoms with E-state index in [1.807, 2.05) is 17.5 Å². The van der Waals surface area contributed by atoms with Gasteiger partial charge in [-0.1, -0.05) is 36.4 Å². The second-order valence-corrected chi connectivity index (χ2v) is 7.77. The predicted molar refractivity (Wildman–Crippen MR) is 99.0 cm³/mol. The zero-order valence-corrected chi connectivity index (χ0v) is 15.1. The maximum atomic E-state index is 10.4. The van der Waals surface area contributed by atoms with E-state index in [1.165, 1.54) is 23.3 Å². The monoisotopic (exact) mass is 345 g/mol. The van der Waals surface area contributed by atoms with E-state index in [2.05, 4.69) is 42.2 Å². The van der Waals surface area contributed by atoms with Crippen molar-refractivity contribution in [3.63, 3.8) is 0 Å². The number of hydrogen-bond donors (Lipinski definition) is 1. The lowest BCUT2D eigenvalue weighted by Crippen LogP contribution is -2.41. The van der Waals surface area contributed by atoms with Crippen LogP contribution < -0.4 is 0 Å². The Balaban J connectivity index is 1.50. The topological polar surface area (TPSA) is 32.7 Å². The van der Waals surface area contributed by atoms with Gasteiger partial charge in [0.15, 0.2) is 0 Å². The molecule has 0 spiro atoms. The Morgan fingerprint density at radius 2 is 2.00 bits per heavy atom. The zero-order valence-electron chi connectivity index (χ0n) is 14.3. The third kappa shape index (κ3) is 5.42. The molecule has 0 unspecified atom stereocenters. The molecule has 2 aromatic rings. The lowest BCUT2D eigenvalue weighted by Gasteiger charge is -2.31. The number of ether oxygens (including phenoxy) is 1. The summed E-state index contributed by atoms with van der Waals surface area (Å²) in [5, 5.41) is 12.5. The van der Waals surface area contributed by atoms with Crippen molar-refractivity contribution in [1.29, 1.82) is 0 Å². The second kappa shape index (κ2) is 8.77. The van der Waals surface area contributed by atoms with Gasteiger partial charge in [0, 0.05) is 24.0 Å². The summed E-state index contributed by atoms with van der Waals surface area (Å²) < 4.78 is 5.68. The highest BCUT2D eigenvalue weighted by molar-refractivity contribution is 7.09. The summed E-state index contributed by atoms with van der Waals surface area (Å²) in [5.41, 5.74) is 1.30. The molecule has 1 saturated carbocycles. The fourth-order valence-electron chi connectivity index (χ4n) is 3.08. The molecule has 1 aliphatic rings. The summed E-state index contributed by atoms with van der Waals surface area (Å²) in [7, 11) is 0. The smallest absolute Gasteiger partial charge is 0.0900 e. The van der Waals surface area contributed by atoms with Gasteiger partial charge in [-0.2, -0.15) is 0 Å². The predicted octanol–water partition coefficient (Wildman–Crippen LogP) is 3.93. The van der Waals surface area contributed by atoms with E-state index in [-0.39, 0.29) is 0 Å².